The summed E-state index contributed by atoms with van der Waals surface area (Å²) in [5.74, 6) is -1.05. The lowest BCUT2D eigenvalue weighted by Gasteiger charge is -2.15. The van der Waals surface area contributed by atoms with Crippen molar-refractivity contribution in [3.63, 3.8) is 0 Å². The van der Waals surface area contributed by atoms with E-state index in [0.717, 1.165) is 0 Å². The van der Waals surface area contributed by atoms with Gasteiger partial charge in [0.05, 0.1) is 18.1 Å². The molecule has 0 bridgehead atoms. The van der Waals surface area contributed by atoms with Gasteiger partial charge in [-0.15, -0.1) is 0 Å². The molecule has 0 atom stereocenters. The van der Waals surface area contributed by atoms with Gasteiger partial charge in [-0.25, -0.2) is 0 Å². The Hall–Kier alpha value is -2.47. The first kappa shape index (κ1) is 17.4. The largest absolute Gasteiger partial charge is 0.496 e. The summed E-state index contributed by atoms with van der Waals surface area (Å²) in [6.07, 6.45) is -4.86. The van der Waals surface area contributed by atoms with E-state index in [9.17, 15) is 18.0 Å². The van der Waals surface area contributed by atoms with Gasteiger partial charge in [-0.05, 0) is 25.1 Å². The van der Waals surface area contributed by atoms with Crippen LogP contribution in [0.1, 0.15) is 11.3 Å². The summed E-state index contributed by atoms with van der Waals surface area (Å²) in [6, 6.07) is 8.73. The summed E-state index contributed by atoms with van der Waals surface area (Å²) in [4.78, 5) is 12.8. The van der Waals surface area contributed by atoms with Gasteiger partial charge in [0.15, 0.2) is 0 Å². The Balaban J connectivity index is 2.51. The van der Waals surface area contributed by atoms with E-state index in [1.807, 2.05) is 0 Å². The third-order valence-corrected chi connectivity index (χ3v) is 4.21. The molecule has 0 radical (unpaired) electrons. The average Bonchev–Trinajstić information content (AvgIpc) is 2.55. The summed E-state index contributed by atoms with van der Waals surface area (Å²) >= 11 is 6.02. The molecule has 0 aliphatic rings. The van der Waals surface area contributed by atoms with Crippen molar-refractivity contribution in [1.29, 1.82) is 0 Å². The highest BCUT2D eigenvalue weighted by Gasteiger charge is 2.40. The Morgan fingerprint density at radius 2 is 1.80 bits per heavy atom. The van der Waals surface area contributed by atoms with Crippen LogP contribution in [0.3, 0.4) is 0 Å². The highest BCUT2D eigenvalue weighted by molar-refractivity contribution is 6.33. The molecule has 0 aliphatic heterocycles. The molecule has 0 saturated heterocycles. The van der Waals surface area contributed by atoms with Crippen molar-refractivity contribution in [2.24, 2.45) is 0 Å². The Morgan fingerprint density at radius 3 is 2.40 bits per heavy atom. The first-order chi connectivity index (χ1) is 11.8. The first-order valence-corrected chi connectivity index (χ1v) is 7.60. The van der Waals surface area contributed by atoms with Crippen molar-refractivity contribution < 1.29 is 22.3 Å². The molecule has 25 heavy (non-hydrogen) atoms. The zero-order valence-corrected chi connectivity index (χ0v) is 14.0. The standard InChI is InChI=1S/C18H12ClF3O3/c1-9-13(24-2)8-7-11-15(23)14(10-5-3-4-6-12(10)19)17(18(20,21)22)25-16(9)11/h3-8H,1-2H3. The van der Waals surface area contributed by atoms with Crippen LogP contribution in [0.4, 0.5) is 13.2 Å². The molecule has 7 heteroatoms. The van der Waals surface area contributed by atoms with E-state index in [1.165, 1.54) is 44.4 Å². The normalized spacial score (nSPS) is 11.8. The van der Waals surface area contributed by atoms with Gasteiger partial charge in [-0.2, -0.15) is 13.2 Å². The number of methoxy groups -OCH3 is 1. The first-order valence-electron chi connectivity index (χ1n) is 7.22. The van der Waals surface area contributed by atoms with E-state index in [4.69, 9.17) is 20.8 Å². The molecule has 1 aromatic heterocycles. The fourth-order valence-corrected chi connectivity index (χ4v) is 2.93. The predicted molar refractivity (Wildman–Crippen MR) is 89.2 cm³/mol. The highest BCUT2D eigenvalue weighted by atomic mass is 35.5. The molecule has 130 valence electrons. The molecule has 3 rings (SSSR count). The minimum atomic E-state index is -4.86. The van der Waals surface area contributed by atoms with Gasteiger partial charge in [-0.3, -0.25) is 4.79 Å². The quantitative estimate of drug-likeness (QED) is 0.604. The molecule has 2 aromatic carbocycles. The van der Waals surface area contributed by atoms with E-state index in [-0.39, 0.29) is 21.6 Å². The molecule has 0 unspecified atom stereocenters. The number of ether oxygens (including phenoxy) is 1. The monoisotopic (exact) mass is 368 g/mol. The maximum atomic E-state index is 13.6. The Bertz CT molecular complexity index is 1020. The topological polar surface area (TPSA) is 39.4 Å². The molecular weight excluding hydrogens is 357 g/mol. The van der Waals surface area contributed by atoms with Crippen molar-refractivity contribution >= 4 is 22.6 Å². The van der Waals surface area contributed by atoms with Crippen LogP contribution < -0.4 is 10.2 Å². The SMILES string of the molecule is COc1ccc2c(=O)c(-c3ccccc3Cl)c(C(F)(F)F)oc2c1C. The lowest BCUT2D eigenvalue weighted by molar-refractivity contribution is -0.152. The number of halogens is 4. The summed E-state index contributed by atoms with van der Waals surface area (Å²) in [6.45, 7) is 1.53. The smallest absolute Gasteiger partial charge is 0.450 e. The Kier molecular flexibility index (Phi) is 4.24. The highest BCUT2D eigenvalue weighted by Crippen LogP contribution is 2.40. The lowest BCUT2D eigenvalue weighted by atomic mass is 10.0. The van der Waals surface area contributed by atoms with Gasteiger partial charge in [-0.1, -0.05) is 29.8 Å². The van der Waals surface area contributed by atoms with Crippen LogP contribution in [0.25, 0.3) is 22.1 Å². The molecule has 0 saturated carbocycles. The van der Waals surface area contributed by atoms with Gasteiger partial charge in [0.25, 0.3) is 0 Å². The summed E-state index contributed by atoms with van der Waals surface area (Å²) in [5, 5.41) is 0.0612. The average molecular weight is 369 g/mol. The van der Waals surface area contributed by atoms with Crippen molar-refractivity contribution in [3.05, 3.63) is 63.0 Å². The van der Waals surface area contributed by atoms with Gasteiger partial charge in [0.2, 0.25) is 11.2 Å². The zero-order valence-electron chi connectivity index (χ0n) is 13.2. The molecule has 0 N–H and O–H groups in total. The van der Waals surface area contributed by atoms with Crippen molar-refractivity contribution in [2.75, 3.05) is 7.11 Å². The number of fused-ring (bicyclic) bond motifs is 1. The fourth-order valence-electron chi connectivity index (χ4n) is 2.70. The van der Waals surface area contributed by atoms with Gasteiger partial charge in [0.1, 0.15) is 11.3 Å². The second-order valence-corrected chi connectivity index (χ2v) is 5.79. The van der Waals surface area contributed by atoms with E-state index in [1.54, 1.807) is 6.07 Å². The fraction of sp³-hybridized carbons (Fsp3) is 0.167. The molecule has 0 spiro atoms. The Morgan fingerprint density at radius 1 is 1.12 bits per heavy atom. The number of alkyl halides is 3. The van der Waals surface area contributed by atoms with E-state index < -0.39 is 22.9 Å². The third kappa shape index (κ3) is 2.87. The summed E-state index contributed by atoms with van der Waals surface area (Å²) in [7, 11) is 1.38. The van der Waals surface area contributed by atoms with Crippen LogP contribution in [0.5, 0.6) is 5.75 Å². The summed E-state index contributed by atoms with van der Waals surface area (Å²) in [5.41, 5.74) is -1.27. The molecule has 0 aliphatic carbocycles. The van der Waals surface area contributed by atoms with Crippen LogP contribution in [0.2, 0.25) is 5.02 Å². The van der Waals surface area contributed by atoms with Gasteiger partial charge >= 0.3 is 6.18 Å². The second kappa shape index (κ2) is 6.11. The maximum Gasteiger partial charge on any atom is 0.450 e. The van der Waals surface area contributed by atoms with Crippen LogP contribution in [-0.2, 0) is 6.18 Å². The molecule has 3 aromatic rings. The minimum absolute atomic E-state index is 0.0272. The van der Waals surface area contributed by atoms with Crippen LogP contribution in [-0.4, -0.2) is 7.11 Å². The number of benzene rings is 2. The van der Waals surface area contributed by atoms with E-state index >= 15 is 0 Å². The van der Waals surface area contributed by atoms with Crippen molar-refractivity contribution in [1.82, 2.24) is 0 Å². The molecular formula is C18H12ClF3O3. The van der Waals surface area contributed by atoms with Crippen molar-refractivity contribution in [3.8, 4) is 16.9 Å². The minimum Gasteiger partial charge on any atom is -0.496 e. The van der Waals surface area contributed by atoms with Gasteiger partial charge < -0.3 is 9.15 Å². The maximum absolute atomic E-state index is 13.6. The molecule has 1 heterocycles. The third-order valence-electron chi connectivity index (χ3n) is 3.88. The number of aryl methyl sites for hydroxylation is 1. The van der Waals surface area contributed by atoms with Crippen LogP contribution in [0, 0.1) is 6.92 Å². The molecule has 0 fully saturated rings. The number of hydrogen-bond donors (Lipinski definition) is 0. The number of hydrogen-bond acceptors (Lipinski definition) is 3. The second-order valence-electron chi connectivity index (χ2n) is 5.38. The number of rotatable bonds is 2. The molecule has 3 nitrogen and oxygen atoms in total. The molecule has 0 amide bonds. The predicted octanol–water partition coefficient (Wildman–Crippen LogP) is 5.45. The zero-order chi connectivity index (χ0) is 18.4. The van der Waals surface area contributed by atoms with E-state index in [2.05, 4.69) is 0 Å². The van der Waals surface area contributed by atoms with Crippen LogP contribution in [0.15, 0.2) is 45.6 Å². The summed E-state index contributed by atoms with van der Waals surface area (Å²) < 4.78 is 51.0. The lowest BCUT2D eigenvalue weighted by Crippen LogP contribution is -2.16. The Labute approximate surface area is 145 Å². The van der Waals surface area contributed by atoms with Crippen molar-refractivity contribution in [2.45, 2.75) is 13.1 Å². The van der Waals surface area contributed by atoms with Gasteiger partial charge in [0, 0.05) is 16.1 Å². The van der Waals surface area contributed by atoms with E-state index in [0.29, 0.717) is 11.3 Å². The van der Waals surface area contributed by atoms with Crippen LogP contribution >= 0.6 is 11.6 Å².